The van der Waals surface area contributed by atoms with E-state index >= 15 is 0 Å². The van der Waals surface area contributed by atoms with Crippen LogP contribution in [0, 0.1) is 11.8 Å². The number of carboxylic acid groups (broad SMARTS) is 1. The van der Waals surface area contributed by atoms with Crippen molar-refractivity contribution in [3.63, 3.8) is 0 Å². The molecule has 0 radical (unpaired) electrons. The van der Waals surface area contributed by atoms with E-state index in [0.717, 1.165) is 4.31 Å². The number of carbonyl (C=O) groups is 1. The monoisotopic (exact) mass is 403 g/mol. The lowest BCUT2D eigenvalue weighted by Gasteiger charge is -2.36. The molecule has 2 rings (SSSR count). The maximum Gasteiger partial charge on any atom is 0.429 e. The zero-order chi connectivity index (χ0) is 20.1. The molecule has 1 aliphatic heterocycles. The number of nitrogens with zero attached hydrogens (tertiary/aromatic N) is 1. The first kappa shape index (κ1) is 20.8. The molecule has 1 aliphatic carbocycles. The molecule has 2 unspecified atom stereocenters. The fourth-order valence-electron chi connectivity index (χ4n) is 3.27. The van der Waals surface area contributed by atoms with Gasteiger partial charge in [0, 0.05) is 13.1 Å². The van der Waals surface area contributed by atoms with Gasteiger partial charge in [-0.3, -0.25) is 0 Å². The largest absolute Gasteiger partial charge is 0.478 e. The minimum atomic E-state index is -5.83. The number of piperidine rings is 1. The Labute approximate surface area is 147 Å². The van der Waals surface area contributed by atoms with Crippen LogP contribution in [0.1, 0.15) is 20.3 Å². The zero-order valence-corrected chi connectivity index (χ0v) is 14.7. The Hall–Kier alpha value is -1.49. The molecule has 11 heteroatoms. The summed E-state index contributed by atoms with van der Waals surface area (Å²) in [5.41, 5.74) is -6.34. The molecule has 0 amide bonds. The lowest BCUT2D eigenvalue weighted by Crippen LogP contribution is -2.52. The molecule has 26 heavy (non-hydrogen) atoms. The Bertz CT molecular complexity index is 750. The van der Waals surface area contributed by atoms with Crippen LogP contribution in [0.25, 0.3) is 0 Å². The van der Waals surface area contributed by atoms with Gasteiger partial charge in [0.2, 0.25) is 10.0 Å². The van der Waals surface area contributed by atoms with Gasteiger partial charge >= 0.3 is 12.1 Å². The van der Waals surface area contributed by atoms with Crippen LogP contribution >= 0.6 is 0 Å². The molecular formula is C15H18F5NO4S. The Morgan fingerprint density at radius 1 is 1.27 bits per heavy atom. The van der Waals surface area contributed by atoms with E-state index in [1.165, 1.54) is 0 Å². The average molecular weight is 403 g/mol. The number of halogens is 5. The van der Waals surface area contributed by atoms with E-state index in [9.17, 15) is 35.2 Å². The first-order valence-electron chi connectivity index (χ1n) is 7.77. The van der Waals surface area contributed by atoms with Crippen molar-refractivity contribution in [2.24, 2.45) is 11.8 Å². The molecule has 0 spiro atoms. The summed E-state index contributed by atoms with van der Waals surface area (Å²) < 4.78 is 93.8. The minimum absolute atomic E-state index is 0.00931. The fourth-order valence-corrected chi connectivity index (χ4v) is 5.07. The smallest absolute Gasteiger partial charge is 0.429 e. The molecule has 0 aromatic rings. The van der Waals surface area contributed by atoms with Crippen LogP contribution in [-0.2, 0) is 14.8 Å². The first-order valence-corrected chi connectivity index (χ1v) is 9.21. The maximum absolute atomic E-state index is 14.4. The van der Waals surface area contributed by atoms with Gasteiger partial charge in [-0.15, -0.1) is 0 Å². The number of rotatable bonds is 3. The number of sulfonamides is 1. The summed E-state index contributed by atoms with van der Waals surface area (Å²) in [5, 5.41) is 8.91. The van der Waals surface area contributed by atoms with Crippen molar-refractivity contribution >= 4 is 16.0 Å². The van der Waals surface area contributed by atoms with Gasteiger partial charge in [0.05, 0.1) is 10.5 Å². The molecule has 1 N–H and O–H groups in total. The van der Waals surface area contributed by atoms with Crippen molar-refractivity contribution < 1.29 is 40.3 Å². The Morgan fingerprint density at radius 2 is 1.77 bits per heavy atom. The van der Waals surface area contributed by atoms with E-state index in [4.69, 9.17) is 5.11 Å². The van der Waals surface area contributed by atoms with E-state index in [0.29, 0.717) is 6.42 Å². The van der Waals surface area contributed by atoms with Gasteiger partial charge in [-0.2, -0.15) is 17.5 Å². The normalized spacial score (nSPS) is 34.2. The van der Waals surface area contributed by atoms with Crippen molar-refractivity contribution in [2.75, 3.05) is 13.1 Å². The molecule has 1 fully saturated rings. The second-order valence-corrected chi connectivity index (χ2v) is 8.79. The van der Waals surface area contributed by atoms with Crippen molar-refractivity contribution in [1.82, 2.24) is 4.31 Å². The molecule has 1 saturated heterocycles. The number of allylic oxidation sites excluding steroid dienone is 2. The molecule has 4 atom stereocenters. The highest BCUT2D eigenvalue weighted by molar-refractivity contribution is 7.93. The highest BCUT2D eigenvalue weighted by atomic mass is 32.2. The fraction of sp³-hybridized carbons (Fsp3) is 0.667. The van der Waals surface area contributed by atoms with Crippen LogP contribution in [0.5, 0.6) is 0 Å². The molecule has 0 aromatic heterocycles. The second-order valence-electron chi connectivity index (χ2n) is 6.85. The summed E-state index contributed by atoms with van der Waals surface area (Å²) >= 11 is 0. The van der Waals surface area contributed by atoms with Gasteiger partial charge in [-0.1, -0.05) is 13.8 Å². The second kappa shape index (κ2) is 6.59. The van der Waals surface area contributed by atoms with Gasteiger partial charge in [0.1, 0.15) is 0 Å². The van der Waals surface area contributed by atoms with Crippen molar-refractivity contribution in [2.45, 2.75) is 38.3 Å². The summed E-state index contributed by atoms with van der Waals surface area (Å²) in [6.07, 6.45) is -8.81. The summed E-state index contributed by atoms with van der Waals surface area (Å²) in [6, 6.07) is 0. The number of carboxylic acids is 1. The van der Waals surface area contributed by atoms with Gasteiger partial charge in [-0.05, 0) is 30.4 Å². The van der Waals surface area contributed by atoms with Crippen molar-refractivity contribution in [3.8, 4) is 0 Å². The Kier molecular flexibility index (Phi) is 5.28. The van der Waals surface area contributed by atoms with Crippen LogP contribution in [-0.4, -0.2) is 54.9 Å². The number of hydrogen-bond donors (Lipinski definition) is 1. The summed E-state index contributed by atoms with van der Waals surface area (Å²) in [7, 11) is -4.62. The lowest BCUT2D eigenvalue weighted by molar-refractivity contribution is -0.227. The van der Waals surface area contributed by atoms with Crippen LogP contribution in [0.3, 0.4) is 0 Å². The van der Waals surface area contributed by atoms with Gasteiger partial charge in [-0.25, -0.2) is 22.0 Å². The number of alkyl halides is 5. The van der Waals surface area contributed by atoms with Crippen LogP contribution in [0.2, 0.25) is 0 Å². The van der Waals surface area contributed by atoms with Crippen molar-refractivity contribution in [3.05, 3.63) is 22.6 Å². The predicted octanol–water partition coefficient (Wildman–Crippen LogP) is 2.81. The number of hydrogen-bond acceptors (Lipinski definition) is 3. The molecule has 1 heterocycles. The van der Waals surface area contributed by atoms with Gasteiger partial charge < -0.3 is 5.11 Å². The molecule has 0 bridgehead atoms. The summed E-state index contributed by atoms with van der Waals surface area (Å²) in [5.74, 6) is -2.34. The first-order chi connectivity index (χ1) is 11.7. The maximum atomic E-state index is 14.4. The van der Waals surface area contributed by atoms with E-state index in [1.807, 2.05) is 0 Å². The third-order valence-electron chi connectivity index (χ3n) is 4.45. The summed E-state index contributed by atoms with van der Waals surface area (Å²) in [6.45, 7) is 3.48. The van der Waals surface area contributed by atoms with Crippen LogP contribution in [0.4, 0.5) is 22.0 Å². The number of aliphatic carboxylic acids is 1. The van der Waals surface area contributed by atoms with E-state index in [2.05, 4.69) is 0 Å². The molecule has 148 valence electrons. The van der Waals surface area contributed by atoms with Crippen molar-refractivity contribution in [1.29, 1.82) is 0 Å². The molecule has 0 saturated carbocycles. The summed E-state index contributed by atoms with van der Waals surface area (Å²) in [4.78, 5) is 9.85. The minimum Gasteiger partial charge on any atom is -0.478 e. The van der Waals surface area contributed by atoms with Gasteiger partial charge in [0.15, 0.2) is 6.17 Å². The highest BCUT2D eigenvalue weighted by Gasteiger charge is 2.64. The van der Waals surface area contributed by atoms with Gasteiger partial charge in [0.25, 0.3) is 5.67 Å². The lowest BCUT2D eigenvalue weighted by atomic mass is 9.88. The highest BCUT2D eigenvalue weighted by Crippen LogP contribution is 2.46. The molecule has 5 nitrogen and oxygen atoms in total. The third-order valence-corrected chi connectivity index (χ3v) is 6.26. The van der Waals surface area contributed by atoms with Crippen LogP contribution < -0.4 is 0 Å². The average Bonchev–Trinajstić information content (AvgIpc) is 2.47. The molecule has 2 aliphatic rings. The topological polar surface area (TPSA) is 74.7 Å². The van der Waals surface area contributed by atoms with Crippen LogP contribution in [0.15, 0.2) is 22.6 Å². The predicted molar refractivity (Wildman–Crippen MR) is 82.0 cm³/mol. The van der Waals surface area contributed by atoms with E-state index in [-0.39, 0.29) is 37.1 Å². The third kappa shape index (κ3) is 3.51. The standard InChI is InChI=1S/C15H18F5NO4S/c1-8-3-9(2)7-21(6-8)26(24,25)10-4-11(13(22)23)12(16)14(17,5-10)15(18,19)20/h4-5,8-9,12H,3,6-7H2,1-2H3,(H,22,23)/t8-,9+,12?,14?. The quantitative estimate of drug-likeness (QED) is 0.736. The van der Waals surface area contributed by atoms with E-state index < -0.39 is 44.5 Å². The molecular weight excluding hydrogens is 385 g/mol. The SMILES string of the molecule is C[C@@H]1C[C@H](C)CN(S(=O)(=O)C2=CC(F)(C(F)(F)F)C(F)C(C(=O)O)=C2)C1. The van der Waals surface area contributed by atoms with E-state index in [1.54, 1.807) is 13.8 Å². The Balaban J connectivity index is 2.58. The molecule has 0 aromatic carbocycles. The zero-order valence-electron chi connectivity index (χ0n) is 13.9. The Morgan fingerprint density at radius 3 is 2.19 bits per heavy atom.